The normalized spacial score (nSPS) is 12.4. The van der Waals surface area contributed by atoms with Crippen molar-refractivity contribution >= 4 is 54.3 Å². The van der Waals surface area contributed by atoms with Crippen molar-refractivity contribution in [2.45, 2.75) is 26.2 Å². The van der Waals surface area contributed by atoms with E-state index in [0.717, 1.165) is 33.2 Å². The number of rotatable bonds is 1. The number of hydrogen-bond acceptors (Lipinski definition) is 2. The summed E-state index contributed by atoms with van der Waals surface area (Å²) in [6.45, 7) is 6.69. The molecule has 0 saturated heterocycles. The van der Waals surface area contributed by atoms with Crippen molar-refractivity contribution in [3.8, 4) is 11.3 Å². The Morgan fingerprint density at radius 2 is 1.31 bits per heavy atom. The summed E-state index contributed by atoms with van der Waals surface area (Å²) in [5, 5.41) is 9.76. The number of para-hydroxylation sites is 1. The van der Waals surface area contributed by atoms with Gasteiger partial charge >= 0.3 is 0 Å². The summed E-state index contributed by atoms with van der Waals surface area (Å²) in [5.74, 6) is 0. The summed E-state index contributed by atoms with van der Waals surface area (Å²) < 4.78 is 6.47. The summed E-state index contributed by atoms with van der Waals surface area (Å²) in [6, 6.07) is 32.6. The lowest BCUT2D eigenvalue weighted by molar-refractivity contribution is 0.573. The fourth-order valence-electron chi connectivity index (χ4n) is 5.52. The van der Waals surface area contributed by atoms with E-state index in [-0.39, 0.29) is 5.41 Å². The minimum absolute atomic E-state index is 0.0125. The van der Waals surface area contributed by atoms with Gasteiger partial charge in [0.05, 0.1) is 5.69 Å². The van der Waals surface area contributed by atoms with Gasteiger partial charge in [0.15, 0.2) is 0 Å². The van der Waals surface area contributed by atoms with Crippen LogP contribution in [-0.4, -0.2) is 4.98 Å². The molecule has 7 aromatic rings. The molecule has 168 valence electrons. The van der Waals surface area contributed by atoms with Gasteiger partial charge in [-0.05, 0) is 50.5 Å². The van der Waals surface area contributed by atoms with Gasteiger partial charge in [-0.3, -0.25) is 4.98 Å². The molecule has 0 spiro atoms. The van der Waals surface area contributed by atoms with E-state index in [4.69, 9.17) is 9.40 Å². The van der Waals surface area contributed by atoms with E-state index >= 15 is 0 Å². The van der Waals surface area contributed by atoms with Gasteiger partial charge in [0, 0.05) is 33.5 Å². The van der Waals surface area contributed by atoms with E-state index in [9.17, 15) is 0 Å². The number of pyridine rings is 1. The maximum Gasteiger partial charge on any atom is 0.139 e. The monoisotopic (exact) mass is 451 g/mol. The zero-order valence-electron chi connectivity index (χ0n) is 20.1. The molecule has 5 aromatic carbocycles. The first-order chi connectivity index (χ1) is 17.0. The van der Waals surface area contributed by atoms with E-state index < -0.39 is 0 Å². The number of aromatic nitrogens is 1. The average molecular weight is 452 g/mol. The van der Waals surface area contributed by atoms with E-state index in [0.29, 0.717) is 0 Å². The molecule has 0 fully saturated rings. The lowest BCUT2D eigenvalue weighted by Gasteiger charge is -2.18. The van der Waals surface area contributed by atoms with Gasteiger partial charge in [0.25, 0.3) is 0 Å². The van der Waals surface area contributed by atoms with Crippen LogP contribution in [0, 0.1) is 0 Å². The van der Waals surface area contributed by atoms with Crippen molar-refractivity contribution in [3.05, 3.63) is 103 Å². The van der Waals surface area contributed by atoms with Gasteiger partial charge in [-0.25, -0.2) is 0 Å². The fraction of sp³-hybridized carbons (Fsp3) is 0.121. The van der Waals surface area contributed by atoms with Crippen molar-refractivity contribution in [1.82, 2.24) is 4.98 Å². The first kappa shape index (κ1) is 20.2. The lowest BCUT2D eigenvalue weighted by Crippen LogP contribution is -2.10. The molecule has 2 aromatic heterocycles. The highest BCUT2D eigenvalue weighted by Crippen LogP contribution is 2.39. The molecule has 35 heavy (non-hydrogen) atoms. The summed E-state index contributed by atoms with van der Waals surface area (Å²) in [5.41, 5.74) is 5.18. The van der Waals surface area contributed by atoms with Crippen molar-refractivity contribution in [2.24, 2.45) is 0 Å². The predicted octanol–water partition coefficient (Wildman–Crippen LogP) is 9.41. The van der Waals surface area contributed by atoms with Crippen LogP contribution in [0.25, 0.3) is 65.5 Å². The van der Waals surface area contributed by atoms with Gasteiger partial charge in [-0.15, -0.1) is 0 Å². The zero-order chi connectivity index (χ0) is 23.7. The van der Waals surface area contributed by atoms with E-state index in [1.807, 2.05) is 6.20 Å². The second-order valence-corrected chi connectivity index (χ2v) is 10.4. The third kappa shape index (κ3) is 2.99. The summed E-state index contributed by atoms with van der Waals surface area (Å²) >= 11 is 0. The van der Waals surface area contributed by atoms with E-state index in [2.05, 4.69) is 112 Å². The molecular formula is C33H25NO. The van der Waals surface area contributed by atoms with Crippen LogP contribution in [0.4, 0.5) is 0 Å². The number of hydrogen-bond donors (Lipinski definition) is 0. The maximum atomic E-state index is 6.47. The van der Waals surface area contributed by atoms with Gasteiger partial charge in [0.2, 0.25) is 0 Å². The van der Waals surface area contributed by atoms with Gasteiger partial charge in [-0.1, -0.05) is 93.6 Å². The third-order valence-corrected chi connectivity index (χ3v) is 7.25. The fourth-order valence-corrected chi connectivity index (χ4v) is 5.52. The molecule has 0 radical (unpaired) electrons. The van der Waals surface area contributed by atoms with Crippen LogP contribution in [0.3, 0.4) is 0 Å². The molecular weight excluding hydrogens is 426 g/mol. The van der Waals surface area contributed by atoms with Gasteiger partial charge in [-0.2, -0.15) is 0 Å². The van der Waals surface area contributed by atoms with E-state index in [1.54, 1.807) is 0 Å². The second-order valence-electron chi connectivity index (χ2n) is 10.4. The van der Waals surface area contributed by atoms with E-state index in [1.165, 1.54) is 37.9 Å². The maximum absolute atomic E-state index is 6.47. The molecule has 2 heteroatoms. The quantitative estimate of drug-likeness (QED) is 0.232. The molecule has 0 bridgehead atoms. The Bertz CT molecular complexity index is 1940. The van der Waals surface area contributed by atoms with Crippen LogP contribution < -0.4 is 0 Å². The molecule has 7 rings (SSSR count). The Morgan fingerprint density at radius 3 is 2.20 bits per heavy atom. The molecule has 0 atom stereocenters. The molecule has 0 aliphatic carbocycles. The first-order valence-corrected chi connectivity index (χ1v) is 12.1. The summed E-state index contributed by atoms with van der Waals surface area (Å²) in [4.78, 5) is 4.82. The molecule has 0 saturated carbocycles. The average Bonchev–Trinajstić information content (AvgIpc) is 3.25. The Morgan fingerprint density at radius 1 is 0.600 bits per heavy atom. The predicted molar refractivity (Wildman–Crippen MR) is 148 cm³/mol. The zero-order valence-corrected chi connectivity index (χ0v) is 20.1. The summed E-state index contributed by atoms with van der Waals surface area (Å²) in [7, 11) is 0. The first-order valence-electron chi connectivity index (χ1n) is 12.1. The third-order valence-electron chi connectivity index (χ3n) is 7.25. The number of benzene rings is 5. The Balaban J connectivity index is 1.47. The van der Waals surface area contributed by atoms with Crippen molar-refractivity contribution in [1.29, 1.82) is 0 Å². The molecule has 0 amide bonds. The molecule has 2 heterocycles. The van der Waals surface area contributed by atoms with Crippen molar-refractivity contribution in [2.75, 3.05) is 0 Å². The molecule has 0 unspecified atom stereocenters. The van der Waals surface area contributed by atoms with Crippen LogP contribution in [-0.2, 0) is 5.41 Å². The summed E-state index contributed by atoms with van der Waals surface area (Å²) in [6.07, 6.45) is 1.92. The lowest BCUT2D eigenvalue weighted by atomic mass is 9.86. The number of nitrogens with zero attached hydrogens (tertiary/aromatic N) is 1. The minimum Gasteiger partial charge on any atom is -0.456 e. The standard InChI is InChI=1S/C33H25NO/c1-33(2,3)29-10-6-9-28-26-14-12-21(19-30(26)35-32(28)29)31-27-16-15-23-22-8-5-4-7-20(22)11-13-24(23)25(27)17-18-34-31/h4-19H,1-3H3. The molecule has 2 nitrogen and oxygen atoms in total. The Hall–Kier alpha value is -4.17. The van der Waals surface area contributed by atoms with Crippen LogP contribution in [0.5, 0.6) is 0 Å². The highest BCUT2D eigenvalue weighted by Gasteiger charge is 2.21. The number of furan rings is 1. The molecule has 0 N–H and O–H groups in total. The highest BCUT2D eigenvalue weighted by atomic mass is 16.3. The van der Waals surface area contributed by atoms with Crippen LogP contribution in [0.2, 0.25) is 0 Å². The Kier molecular flexibility index (Phi) is 4.14. The minimum atomic E-state index is 0.0125. The van der Waals surface area contributed by atoms with Gasteiger partial charge < -0.3 is 4.42 Å². The Labute approximate surface area is 203 Å². The van der Waals surface area contributed by atoms with Crippen molar-refractivity contribution in [3.63, 3.8) is 0 Å². The van der Waals surface area contributed by atoms with Crippen LogP contribution in [0.1, 0.15) is 26.3 Å². The largest absolute Gasteiger partial charge is 0.456 e. The van der Waals surface area contributed by atoms with Crippen LogP contribution >= 0.6 is 0 Å². The molecule has 0 aliphatic heterocycles. The smallest absolute Gasteiger partial charge is 0.139 e. The van der Waals surface area contributed by atoms with Crippen molar-refractivity contribution < 1.29 is 4.42 Å². The van der Waals surface area contributed by atoms with Crippen LogP contribution in [0.15, 0.2) is 102 Å². The topological polar surface area (TPSA) is 26.0 Å². The number of fused-ring (bicyclic) bond motifs is 8. The second kappa shape index (κ2) is 7.16. The molecule has 0 aliphatic rings. The highest BCUT2D eigenvalue weighted by molar-refractivity contribution is 6.19. The van der Waals surface area contributed by atoms with Gasteiger partial charge in [0.1, 0.15) is 11.2 Å². The SMILES string of the molecule is CC(C)(C)c1cccc2c1oc1cc(-c3nccc4c3ccc3c5ccccc5ccc43)ccc12.